The standard InChI is InChI=1S/C33H41N5O2/c1-4-38(27-16-18-37(19-17-27)22-26-12-8-10-23(2)35-26)31-15-9-14-29-28(31)13-7-5-6-11-25-20-24(3)36-33(40)30(25)21-34-32(29)39/h5,7-10,12,14-15,20,27H,4,6,11,13,16-19,21-22H2,1-3H3,(H,34,39)(H,36,40)/b7-5-. The average molecular weight is 540 g/mol. The van der Waals surface area contributed by atoms with Gasteiger partial charge in [0.2, 0.25) is 0 Å². The van der Waals surface area contributed by atoms with Crippen LogP contribution in [0.2, 0.25) is 0 Å². The predicted octanol–water partition coefficient (Wildman–Crippen LogP) is 4.85. The number of fused-ring (bicyclic) bond motifs is 2. The van der Waals surface area contributed by atoms with Gasteiger partial charge in [0, 0.05) is 67.0 Å². The molecule has 2 N–H and O–H groups in total. The molecule has 1 amide bonds. The number of hydrogen-bond acceptors (Lipinski definition) is 5. The maximum absolute atomic E-state index is 13.5. The summed E-state index contributed by atoms with van der Waals surface area (Å²) >= 11 is 0. The van der Waals surface area contributed by atoms with Gasteiger partial charge in [-0.2, -0.15) is 0 Å². The van der Waals surface area contributed by atoms with E-state index in [0.29, 0.717) is 23.6 Å². The van der Waals surface area contributed by atoms with Gasteiger partial charge in [-0.3, -0.25) is 19.5 Å². The smallest absolute Gasteiger partial charge is 0.253 e. The number of carbonyl (C=O) groups is 1. The Morgan fingerprint density at radius 2 is 1.82 bits per heavy atom. The van der Waals surface area contributed by atoms with Crippen molar-refractivity contribution in [2.45, 2.75) is 72.0 Å². The molecule has 5 rings (SSSR count). The number of carbonyl (C=O) groups excluding carboxylic acids is 1. The Balaban J connectivity index is 1.36. The lowest BCUT2D eigenvalue weighted by Gasteiger charge is -2.40. The lowest BCUT2D eigenvalue weighted by Crippen LogP contribution is -2.45. The summed E-state index contributed by atoms with van der Waals surface area (Å²) in [5, 5.41) is 3.06. The van der Waals surface area contributed by atoms with E-state index in [-0.39, 0.29) is 18.0 Å². The number of benzene rings is 1. The zero-order chi connectivity index (χ0) is 28.1. The number of H-pyrrole nitrogens is 1. The normalized spacial score (nSPS) is 17.6. The van der Waals surface area contributed by atoms with Crippen molar-refractivity contribution in [3.8, 4) is 0 Å². The Hall–Kier alpha value is -3.71. The summed E-state index contributed by atoms with van der Waals surface area (Å²) in [5.41, 5.74) is 7.46. The van der Waals surface area contributed by atoms with Crippen molar-refractivity contribution >= 4 is 11.6 Å². The minimum Gasteiger partial charge on any atom is -0.368 e. The molecule has 3 aromatic rings. The predicted molar refractivity (Wildman–Crippen MR) is 161 cm³/mol. The van der Waals surface area contributed by atoms with Crippen LogP contribution in [-0.2, 0) is 25.9 Å². The van der Waals surface area contributed by atoms with Gasteiger partial charge in [-0.25, -0.2) is 0 Å². The van der Waals surface area contributed by atoms with Crippen LogP contribution in [0.25, 0.3) is 0 Å². The van der Waals surface area contributed by atoms with E-state index in [1.807, 2.05) is 38.1 Å². The van der Waals surface area contributed by atoms with Crippen LogP contribution < -0.4 is 15.8 Å². The summed E-state index contributed by atoms with van der Waals surface area (Å²) in [4.78, 5) is 38.8. The molecule has 0 spiro atoms. The number of likely N-dealkylation sites (tertiary alicyclic amines) is 1. The highest BCUT2D eigenvalue weighted by Gasteiger charge is 2.27. The maximum Gasteiger partial charge on any atom is 0.253 e. The number of nitrogens with zero attached hydrogens (tertiary/aromatic N) is 3. The van der Waals surface area contributed by atoms with Crippen LogP contribution in [0.15, 0.2) is 59.4 Å². The monoisotopic (exact) mass is 539 g/mol. The molecular formula is C33H41N5O2. The molecule has 2 aliphatic heterocycles. The molecular weight excluding hydrogens is 498 g/mol. The molecule has 0 bridgehead atoms. The lowest BCUT2D eigenvalue weighted by atomic mass is 9.95. The summed E-state index contributed by atoms with van der Waals surface area (Å²) in [7, 11) is 0. The van der Waals surface area contributed by atoms with Gasteiger partial charge in [-0.1, -0.05) is 24.3 Å². The van der Waals surface area contributed by atoms with Gasteiger partial charge < -0.3 is 15.2 Å². The second-order valence-electron chi connectivity index (χ2n) is 11.0. The maximum atomic E-state index is 13.5. The highest BCUT2D eigenvalue weighted by atomic mass is 16.1. The summed E-state index contributed by atoms with van der Waals surface area (Å²) in [6.07, 6.45) is 8.85. The van der Waals surface area contributed by atoms with Gasteiger partial charge >= 0.3 is 0 Å². The molecule has 0 unspecified atom stereocenters. The first kappa shape index (κ1) is 27.8. The number of rotatable bonds is 5. The van der Waals surface area contributed by atoms with Crippen molar-refractivity contribution in [1.82, 2.24) is 20.2 Å². The van der Waals surface area contributed by atoms with Crippen LogP contribution in [0.4, 0.5) is 5.69 Å². The number of amides is 1. The van der Waals surface area contributed by atoms with Gasteiger partial charge in [0.15, 0.2) is 0 Å². The Kier molecular flexibility index (Phi) is 8.80. The summed E-state index contributed by atoms with van der Waals surface area (Å²) in [6, 6.07) is 14.8. The van der Waals surface area contributed by atoms with E-state index in [2.05, 4.69) is 62.4 Å². The molecule has 4 heterocycles. The van der Waals surface area contributed by atoms with Crippen LogP contribution >= 0.6 is 0 Å². The van der Waals surface area contributed by atoms with Gasteiger partial charge in [-0.05, 0) is 94.3 Å². The van der Waals surface area contributed by atoms with E-state index in [4.69, 9.17) is 0 Å². The van der Waals surface area contributed by atoms with Crippen molar-refractivity contribution < 1.29 is 4.79 Å². The fourth-order valence-corrected chi connectivity index (χ4v) is 6.23. The minimum atomic E-state index is -0.131. The molecule has 0 radical (unpaired) electrons. The third kappa shape index (κ3) is 6.36. The zero-order valence-corrected chi connectivity index (χ0v) is 24.0. The Bertz CT molecular complexity index is 1430. The van der Waals surface area contributed by atoms with Crippen molar-refractivity contribution in [3.05, 3.63) is 104 Å². The third-order valence-corrected chi connectivity index (χ3v) is 8.23. The van der Waals surface area contributed by atoms with Crippen LogP contribution in [0.3, 0.4) is 0 Å². The molecule has 0 atom stereocenters. The molecule has 0 saturated carbocycles. The number of piperidine rings is 1. The Morgan fingerprint density at radius 3 is 2.60 bits per heavy atom. The van der Waals surface area contributed by atoms with E-state index >= 15 is 0 Å². The first-order chi connectivity index (χ1) is 19.4. The quantitative estimate of drug-likeness (QED) is 0.453. The largest absolute Gasteiger partial charge is 0.368 e. The molecule has 1 fully saturated rings. The fraction of sp³-hybridized carbons (Fsp3) is 0.424. The number of aromatic nitrogens is 2. The molecule has 40 heavy (non-hydrogen) atoms. The molecule has 2 aromatic heterocycles. The van der Waals surface area contributed by atoms with Crippen molar-refractivity contribution in [2.75, 3.05) is 24.5 Å². The number of hydrogen-bond donors (Lipinski definition) is 2. The number of aromatic amines is 1. The number of nitrogens with one attached hydrogen (secondary N) is 2. The number of allylic oxidation sites excluding steroid dienone is 2. The van der Waals surface area contributed by atoms with Crippen molar-refractivity contribution in [1.29, 1.82) is 0 Å². The molecule has 1 saturated heterocycles. The third-order valence-electron chi connectivity index (χ3n) is 8.23. The fourth-order valence-electron chi connectivity index (χ4n) is 6.23. The molecule has 210 valence electrons. The zero-order valence-electron chi connectivity index (χ0n) is 24.0. The molecule has 1 aromatic carbocycles. The van der Waals surface area contributed by atoms with Gasteiger partial charge in [0.05, 0.1) is 5.69 Å². The molecule has 7 heteroatoms. The number of aryl methyl sites for hydroxylation is 3. The average Bonchev–Trinajstić information content (AvgIpc) is 2.93. The molecule has 2 aliphatic rings. The Labute approximate surface area is 237 Å². The SMILES string of the molecule is CCN(c1cccc2c1C/C=C\CCc1cc(C)[nH]c(=O)c1CNC2=O)C1CCN(Cc2cccc(C)n2)CC1. The summed E-state index contributed by atoms with van der Waals surface area (Å²) in [6.45, 7) is 10.2. The number of anilines is 1. The highest BCUT2D eigenvalue weighted by molar-refractivity contribution is 5.97. The Morgan fingerprint density at radius 1 is 1.02 bits per heavy atom. The van der Waals surface area contributed by atoms with Crippen LogP contribution in [0.5, 0.6) is 0 Å². The second-order valence-corrected chi connectivity index (χ2v) is 11.0. The van der Waals surface area contributed by atoms with Crippen LogP contribution in [0, 0.1) is 13.8 Å². The highest BCUT2D eigenvalue weighted by Crippen LogP contribution is 2.30. The molecule has 7 nitrogen and oxygen atoms in total. The first-order valence-corrected chi connectivity index (χ1v) is 14.6. The lowest BCUT2D eigenvalue weighted by molar-refractivity contribution is 0.0950. The topological polar surface area (TPSA) is 81.3 Å². The van der Waals surface area contributed by atoms with E-state index in [0.717, 1.165) is 85.8 Å². The van der Waals surface area contributed by atoms with Gasteiger partial charge in [-0.15, -0.1) is 0 Å². The summed E-state index contributed by atoms with van der Waals surface area (Å²) < 4.78 is 0. The van der Waals surface area contributed by atoms with Crippen LogP contribution in [0.1, 0.15) is 70.3 Å². The van der Waals surface area contributed by atoms with Gasteiger partial charge in [0.25, 0.3) is 11.5 Å². The first-order valence-electron chi connectivity index (χ1n) is 14.6. The van der Waals surface area contributed by atoms with E-state index in [9.17, 15) is 9.59 Å². The molecule has 0 aliphatic carbocycles. The van der Waals surface area contributed by atoms with E-state index in [1.54, 1.807) is 0 Å². The van der Waals surface area contributed by atoms with Crippen molar-refractivity contribution in [2.24, 2.45) is 0 Å². The number of pyridine rings is 2. The van der Waals surface area contributed by atoms with Crippen molar-refractivity contribution in [3.63, 3.8) is 0 Å². The summed E-state index contributed by atoms with van der Waals surface area (Å²) in [5.74, 6) is -0.131. The van der Waals surface area contributed by atoms with E-state index in [1.165, 1.54) is 0 Å². The van der Waals surface area contributed by atoms with Crippen LogP contribution in [-0.4, -0.2) is 46.5 Å². The van der Waals surface area contributed by atoms with E-state index < -0.39 is 0 Å². The second kappa shape index (κ2) is 12.6. The minimum absolute atomic E-state index is 0.119. The van der Waals surface area contributed by atoms with Gasteiger partial charge in [0.1, 0.15) is 0 Å².